The van der Waals surface area contributed by atoms with Crippen molar-refractivity contribution in [3.63, 3.8) is 0 Å². The van der Waals surface area contributed by atoms with E-state index in [-0.39, 0.29) is 11.9 Å². The van der Waals surface area contributed by atoms with Gasteiger partial charge in [0.25, 0.3) is 5.91 Å². The van der Waals surface area contributed by atoms with Crippen molar-refractivity contribution in [2.45, 2.75) is 13.0 Å². The van der Waals surface area contributed by atoms with Gasteiger partial charge in [-0.1, -0.05) is 6.07 Å². The van der Waals surface area contributed by atoms with Crippen molar-refractivity contribution in [2.75, 3.05) is 13.2 Å². The van der Waals surface area contributed by atoms with E-state index in [1.54, 1.807) is 24.3 Å². The van der Waals surface area contributed by atoms with Crippen LogP contribution < -0.4 is 14.8 Å². The molecule has 1 aliphatic rings. The van der Waals surface area contributed by atoms with Gasteiger partial charge in [-0.05, 0) is 59.3 Å². The number of amides is 1. The number of hydrogen-bond donors (Lipinski definition) is 1. The zero-order valence-electron chi connectivity index (χ0n) is 14.1. The highest BCUT2D eigenvalue weighted by Gasteiger charge is 2.16. The molecular weight excluding hydrogens is 334 g/mol. The van der Waals surface area contributed by atoms with E-state index in [2.05, 4.69) is 20.8 Å². The molecule has 8 heteroatoms. The first kappa shape index (κ1) is 16.1. The molecule has 0 radical (unpaired) electrons. The van der Waals surface area contributed by atoms with Gasteiger partial charge in [0.15, 0.2) is 11.5 Å². The molecule has 8 nitrogen and oxygen atoms in total. The summed E-state index contributed by atoms with van der Waals surface area (Å²) < 4.78 is 12.6. The Bertz CT molecular complexity index is 909. The highest BCUT2D eigenvalue weighted by atomic mass is 16.6. The fourth-order valence-corrected chi connectivity index (χ4v) is 2.74. The maximum absolute atomic E-state index is 12.5. The molecule has 0 saturated carbocycles. The van der Waals surface area contributed by atoms with Crippen molar-refractivity contribution in [1.82, 2.24) is 25.5 Å². The second kappa shape index (κ2) is 6.83. The Kier molecular flexibility index (Phi) is 4.22. The van der Waals surface area contributed by atoms with Gasteiger partial charge >= 0.3 is 0 Å². The number of rotatable bonds is 4. The minimum absolute atomic E-state index is 0.157. The largest absolute Gasteiger partial charge is 0.486 e. The number of ether oxygens (including phenoxy) is 2. The number of hydrogen-bond acceptors (Lipinski definition) is 6. The summed E-state index contributed by atoms with van der Waals surface area (Å²) in [6.45, 7) is 3.02. The Morgan fingerprint density at radius 2 is 1.88 bits per heavy atom. The Morgan fingerprint density at radius 3 is 2.62 bits per heavy atom. The number of aromatic nitrogens is 4. The summed E-state index contributed by atoms with van der Waals surface area (Å²) in [7, 11) is 0. The standard InChI is InChI=1S/C18H17N5O3/c1-12(14-4-7-16-17(10-14)26-9-8-25-16)20-18(24)13-2-5-15(6-3-13)23-11-19-21-22-23/h2-7,10-12H,8-9H2,1H3,(H,20,24)/t12-/m1/s1. The van der Waals surface area contributed by atoms with Crippen LogP contribution in [0.1, 0.15) is 28.9 Å². The normalized spacial score (nSPS) is 13.9. The summed E-state index contributed by atoms with van der Waals surface area (Å²) in [4.78, 5) is 12.5. The van der Waals surface area contributed by atoms with Crippen LogP contribution in [0, 0.1) is 0 Å². The third kappa shape index (κ3) is 3.21. The molecule has 0 bridgehead atoms. The molecule has 0 saturated heterocycles. The van der Waals surface area contributed by atoms with Gasteiger partial charge in [-0.15, -0.1) is 5.10 Å². The zero-order valence-corrected chi connectivity index (χ0v) is 14.1. The molecule has 1 N–H and O–H groups in total. The molecular formula is C18H17N5O3. The molecule has 0 spiro atoms. The third-order valence-electron chi connectivity index (χ3n) is 4.16. The number of tetrazole rings is 1. The molecule has 1 amide bonds. The molecule has 3 aromatic rings. The molecule has 1 aliphatic heterocycles. The summed E-state index contributed by atoms with van der Waals surface area (Å²) in [6.07, 6.45) is 1.50. The molecule has 26 heavy (non-hydrogen) atoms. The molecule has 2 heterocycles. The van der Waals surface area contributed by atoms with Crippen molar-refractivity contribution in [3.05, 3.63) is 59.9 Å². The van der Waals surface area contributed by atoms with Gasteiger partial charge in [-0.25, -0.2) is 4.68 Å². The first-order valence-electron chi connectivity index (χ1n) is 8.24. The van der Waals surface area contributed by atoms with Crippen molar-refractivity contribution < 1.29 is 14.3 Å². The number of carbonyl (C=O) groups excluding carboxylic acids is 1. The van der Waals surface area contributed by atoms with Gasteiger partial charge in [0.05, 0.1) is 11.7 Å². The summed E-state index contributed by atoms with van der Waals surface area (Å²) in [5.41, 5.74) is 2.30. The van der Waals surface area contributed by atoms with Gasteiger partial charge in [0, 0.05) is 5.56 Å². The summed E-state index contributed by atoms with van der Waals surface area (Å²) >= 11 is 0. The lowest BCUT2D eigenvalue weighted by atomic mass is 10.1. The number of nitrogens with one attached hydrogen (secondary N) is 1. The first-order chi connectivity index (χ1) is 12.7. The molecule has 4 rings (SSSR count). The zero-order chi connectivity index (χ0) is 17.9. The highest BCUT2D eigenvalue weighted by molar-refractivity contribution is 5.94. The van der Waals surface area contributed by atoms with Gasteiger partial charge in [0.2, 0.25) is 0 Å². The van der Waals surface area contributed by atoms with Crippen LogP contribution in [0.2, 0.25) is 0 Å². The monoisotopic (exact) mass is 351 g/mol. The lowest BCUT2D eigenvalue weighted by Crippen LogP contribution is -2.26. The smallest absolute Gasteiger partial charge is 0.251 e. The lowest BCUT2D eigenvalue weighted by molar-refractivity contribution is 0.0939. The maximum atomic E-state index is 12.5. The second-order valence-corrected chi connectivity index (χ2v) is 5.90. The van der Waals surface area contributed by atoms with E-state index in [1.165, 1.54) is 11.0 Å². The lowest BCUT2D eigenvalue weighted by Gasteiger charge is -2.21. The van der Waals surface area contributed by atoms with Crippen LogP contribution in [0.25, 0.3) is 5.69 Å². The van der Waals surface area contributed by atoms with Crippen molar-refractivity contribution in [2.24, 2.45) is 0 Å². The summed E-state index contributed by atoms with van der Waals surface area (Å²) in [5, 5.41) is 14.0. The Labute approximate surface area is 149 Å². The Hall–Kier alpha value is -3.42. The van der Waals surface area contributed by atoms with Crippen LogP contribution in [0.3, 0.4) is 0 Å². The molecule has 0 aliphatic carbocycles. The number of carbonyl (C=O) groups is 1. The molecule has 1 aromatic heterocycles. The molecule has 0 fully saturated rings. The Morgan fingerprint density at radius 1 is 1.12 bits per heavy atom. The van der Waals surface area contributed by atoms with E-state index in [9.17, 15) is 4.79 Å². The number of benzene rings is 2. The van der Waals surface area contributed by atoms with E-state index in [1.807, 2.05) is 25.1 Å². The van der Waals surface area contributed by atoms with Gasteiger partial charge in [0.1, 0.15) is 19.5 Å². The van der Waals surface area contributed by atoms with Crippen molar-refractivity contribution in [3.8, 4) is 17.2 Å². The predicted molar refractivity (Wildman–Crippen MR) is 92.5 cm³/mol. The maximum Gasteiger partial charge on any atom is 0.251 e. The molecule has 0 unspecified atom stereocenters. The quantitative estimate of drug-likeness (QED) is 0.772. The van der Waals surface area contributed by atoms with Crippen LogP contribution in [0.15, 0.2) is 48.8 Å². The highest BCUT2D eigenvalue weighted by Crippen LogP contribution is 2.32. The number of fused-ring (bicyclic) bond motifs is 1. The van der Waals surface area contributed by atoms with E-state index in [4.69, 9.17) is 9.47 Å². The van der Waals surface area contributed by atoms with Crippen LogP contribution in [0.4, 0.5) is 0 Å². The first-order valence-corrected chi connectivity index (χ1v) is 8.24. The average Bonchev–Trinajstić information content (AvgIpc) is 3.22. The molecule has 2 aromatic carbocycles. The second-order valence-electron chi connectivity index (χ2n) is 5.90. The van der Waals surface area contributed by atoms with Gasteiger partial charge < -0.3 is 14.8 Å². The van der Waals surface area contributed by atoms with Crippen molar-refractivity contribution >= 4 is 5.91 Å². The van der Waals surface area contributed by atoms with Crippen LogP contribution >= 0.6 is 0 Å². The fraction of sp³-hybridized carbons (Fsp3) is 0.222. The fourth-order valence-electron chi connectivity index (χ4n) is 2.74. The van der Waals surface area contributed by atoms with E-state index < -0.39 is 0 Å². The topological polar surface area (TPSA) is 91.2 Å². The predicted octanol–water partition coefficient (Wildman–Crippen LogP) is 1.92. The van der Waals surface area contributed by atoms with Crippen LogP contribution in [-0.2, 0) is 0 Å². The van der Waals surface area contributed by atoms with Crippen LogP contribution in [0.5, 0.6) is 11.5 Å². The van der Waals surface area contributed by atoms with Crippen molar-refractivity contribution in [1.29, 1.82) is 0 Å². The SMILES string of the molecule is C[C@@H](NC(=O)c1ccc(-n2cnnn2)cc1)c1ccc2c(c1)OCCO2. The minimum Gasteiger partial charge on any atom is -0.486 e. The minimum atomic E-state index is -0.169. The van der Waals surface area contributed by atoms with E-state index in [0.717, 1.165) is 17.0 Å². The Balaban J connectivity index is 1.45. The van der Waals surface area contributed by atoms with E-state index >= 15 is 0 Å². The van der Waals surface area contributed by atoms with Gasteiger partial charge in [-0.3, -0.25) is 4.79 Å². The summed E-state index contributed by atoms with van der Waals surface area (Å²) in [5.74, 6) is 1.29. The van der Waals surface area contributed by atoms with Gasteiger partial charge in [-0.2, -0.15) is 0 Å². The summed E-state index contributed by atoms with van der Waals surface area (Å²) in [6, 6.07) is 12.6. The molecule has 1 atom stereocenters. The third-order valence-corrected chi connectivity index (χ3v) is 4.16. The van der Waals surface area contributed by atoms with Crippen LogP contribution in [-0.4, -0.2) is 39.3 Å². The molecule has 132 valence electrons. The van der Waals surface area contributed by atoms with E-state index in [0.29, 0.717) is 24.5 Å². The number of nitrogens with zero attached hydrogens (tertiary/aromatic N) is 4. The average molecular weight is 351 g/mol.